The number of hydrogen-bond acceptors (Lipinski definition) is 6. The number of carbonyl (C=O) groups excluding carboxylic acids is 1. The summed E-state index contributed by atoms with van der Waals surface area (Å²) in [4.78, 5) is 32.8. The van der Waals surface area contributed by atoms with Gasteiger partial charge in [-0.05, 0) is 18.6 Å². The van der Waals surface area contributed by atoms with Crippen molar-refractivity contribution in [3.05, 3.63) is 43.6 Å². The van der Waals surface area contributed by atoms with Gasteiger partial charge in [-0.3, -0.25) is 14.9 Å². The lowest BCUT2D eigenvalue weighted by atomic mass is 10.1. The molecule has 0 aliphatic rings. The number of carboxylic acid groups (broad SMARTS) is 1. The fraction of sp³-hybridized carbons (Fsp3) is 0.412. The van der Waals surface area contributed by atoms with Gasteiger partial charge in [0.2, 0.25) is 11.6 Å². The number of aliphatic carboxylic acids is 1. The van der Waals surface area contributed by atoms with E-state index in [1.54, 1.807) is 6.92 Å². The highest BCUT2D eigenvalue weighted by atomic mass is 35.5. The number of aliphatic hydroxyl groups excluding tert-OH is 1. The second-order valence-corrected chi connectivity index (χ2v) is 6.38. The predicted octanol–water partition coefficient (Wildman–Crippen LogP) is 2.74. The number of aliphatic hydroxyl groups is 1. The van der Waals surface area contributed by atoms with Crippen LogP contribution >= 0.6 is 23.2 Å². The number of hydrogen-bond donors (Lipinski definition) is 3. The Labute approximate surface area is 171 Å². The maximum absolute atomic E-state index is 11.6. The van der Waals surface area contributed by atoms with Crippen molar-refractivity contribution in [2.45, 2.75) is 32.2 Å². The number of ether oxygens (including phenoxy) is 1. The lowest BCUT2D eigenvalue weighted by Crippen LogP contribution is -2.43. The Morgan fingerprint density at radius 2 is 2.04 bits per heavy atom. The van der Waals surface area contributed by atoms with Crippen LogP contribution < -0.4 is 10.1 Å². The van der Waals surface area contributed by atoms with Gasteiger partial charge in [0.15, 0.2) is 0 Å². The van der Waals surface area contributed by atoms with Crippen molar-refractivity contribution in [2.75, 3.05) is 13.2 Å². The first-order valence-electron chi connectivity index (χ1n) is 8.30. The molecule has 0 saturated carbocycles. The highest BCUT2D eigenvalue weighted by Crippen LogP contribution is 2.36. The molecule has 0 bridgehead atoms. The Hall–Kier alpha value is -2.36. The molecule has 0 saturated heterocycles. The van der Waals surface area contributed by atoms with Crippen LogP contribution in [-0.2, 0) is 9.59 Å². The van der Waals surface area contributed by atoms with E-state index < -0.39 is 29.4 Å². The Morgan fingerprint density at radius 1 is 1.36 bits per heavy atom. The van der Waals surface area contributed by atoms with Crippen LogP contribution in [0.5, 0.6) is 5.75 Å². The molecule has 11 heteroatoms. The van der Waals surface area contributed by atoms with Crippen LogP contribution in [-0.4, -0.2) is 46.3 Å². The third-order valence-corrected chi connectivity index (χ3v) is 4.50. The summed E-state index contributed by atoms with van der Waals surface area (Å²) in [5.74, 6) is -1.62. The van der Waals surface area contributed by atoms with Gasteiger partial charge < -0.3 is 20.3 Å². The molecular weight excluding hydrogens is 415 g/mol. The third kappa shape index (κ3) is 6.99. The number of allylic oxidation sites excluding steroid dienone is 1. The van der Waals surface area contributed by atoms with Crippen LogP contribution in [0.3, 0.4) is 0 Å². The molecule has 0 spiro atoms. The van der Waals surface area contributed by atoms with Gasteiger partial charge in [0.1, 0.15) is 16.8 Å². The van der Waals surface area contributed by atoms with Crippen LogP contribution in [0.4, 0.5) is 0 Å². The molecule has 28 heavy (non-hydrogen) atoms. The zero-order valence-electron chi connectivity index (χ0n) is 15.0. The molecule has 1 aromatic carbocycles. The Balaban J connectivity index is 2.65. The summed E-state index contributed by atoms with van der Waals surface area (Å²) in [7, 11) is 0. The molecule has 9 nitrogen and oxygen atoms in total. The molecule has 0 aliphatic heterocycles. The first-order chi connectivity index (χ1) is 13.2. The minimum absolute atomic E-state index is 0.0137. The molecule has 1 aromatic rings. The van der Waals surface area contributed by atoms with E-state index in [-0.39, 0.29) is 47.4 Å². The van der Waals surface area contributed by atoms with Crippen LogP contribution in [0, 0.1) is 10.1 Å². The predicted molar refractivity (Wildman–Crippen MR) is 103 cm³/mol. The average molecular weight is 435 g/mol. The zero-order chi connectivity index (χ0) is 21.3. The van der Waals surface area contributed by atoms with E-state index in [1.165, 1.54) is 18.2 Å². The summed E-state index contributed by atoms with van der Waals surface area (Å²) in [5.41, 5.74) is 0.371. The monoisotopic (exact) mass is 434 g/mol. The average Bonchev–Trinajstić information content (AvgIpc) is 2.65. The second-order valence-electron chi connectivity index (χ2n) is 5.62. The summed E-state index contributed by atoms with van der Waals surface area (Å²) in [6.45, 7) is 1.05. The van der Waals surface area contributed by atoms with Crippen LogP contribution in [0.1, 0.15) is 31.7 Å². The summed E-state index contributed by atoms with van der Waals surface area (Å²) >= 11 is 12.3. The number of rotatable bonds is 11. The molecule has 0 aromatic heterocycles. The van der Waals surface area contributed by atoms with Crippen molar-refractivity contribution in [3.8, 4) is 5.75 Å². The van der Waals surface area contributed by atoms with Gasteiger partial charge in [0.05, 0.1) is 23.2 Å². The summed E-state index contributed by atoms with van der Waals surface area (Å²) < 4.78 is 5.46. The molecule has 3 N–H and O–H groups in total. The molecular formula is C17H20Cl2N2O7. The molecule has 0 unspecified atom stereocenters. The molecule has 1 atom stereocenters. The van der Waals surface area contributed by atoms with E-state index in [1.807, 2.05) is 0 Å². The van der Waals surface area contributed by atoms with E-state index in [4.69, 9.17) is 38.2 Å². The number of benzene rings is 1. The largest absolute Gasteiger partial charge is 0.492 e. The lowest BCUT2D eigenvalue weighted by molar-refractivity contribution is -0.425. The van der Waals surface area contributed by atoms with Gasteiger partial charge in [-0.15, -0.1) is 0 Å². The lowest BCUT2D eigenvalue weighted by Gasteiger charge is -2.12. The topological polar surface area (TPSA) is 139 Å². The van der Waals surface area contributed by atoms with Crippen LogP contribution in [0.15, 0.2) is 17.8 Å². The molecule has 1 amide bonds. The minimum atomic E-state index is -1.35. The van der Waals surface area contributed by atoms with Gasteiger partial charge in [-0.25, -0.2) is 4.79 Å². The minimum Gasteiger partial charge on any atom is -0.492 e. The van der Waals surface area contributed by atoms with Crippen molar-refractivity contribution < 1.29 is 29.5 Å². The SMILES string of the molecule is CCC(=Cc1ccc(OCCCC(=O)N[C@@H](CO)C(=O)O)c(Cl)c1Cl)[N+](=O)[O-]. The molecule has 0 radical (unpaired) electrons. The first kappa shape index (κ1) is 23.7. The molecule has 0 aliphatic carbocycles. The second kappa shape index (κ2) is 11.5. The van der Waals surface area contributed by atoms with Gasteiger partial charge in [-0.1, -0.05) is 30.1 Å². The van der Waals surface area contributed by atoms with Crippen molar-refractivity contribution >= 4 is 41.2 Å². The fourth-order valence-electron chi connectivity index (χ4n) is 2.10. The van der Waals surface area contributed by atoms with Crippen molar-refractivity contribution in [2.24, 2.45) is 0 Å². The number of carbonyl (C=O) groups is 2. The van der Waals surface area contributed by atoms with Crippen molar-refractivity contribution in [1.82, 2.24) is 5.32 Å². The Kier molecular flexibility index (Phi) is 9.70. The maximum Gasteiger partial charge on any atom is 0.328 e. The number of halogens is 2. The summed E-state index contributed by atoms with van der Waals surface area (Å²) in [6, 6.07) is 1.70. The highest BCUT2D eigenvalue weighted by Gasteiger charge is 2.18. The quantitative estimate of drug-likeness (QED) is 0.276. The molecule has 0 fully saturated rings. The smallest absolute Gasteiger partial charge is 0.328 e. The van der Waals surface area contributed by atoms with Crippen LogP contribution in [0.2, 0.25) is 10.0 Å². The zero-order valence-corrected chi connectivity index (χ0v) is 16.5. The summed E-state index contributed by atoms with van der Waals surface area (Å²) in [6.07, 6.45) is 1.81. The molecule has 1 rings (SSSR count). The third-order valence-electron chi connectivity index (χ3n) is 3.62. The van der Waals surface area contributed by atoms with E-state index in [0.29, 0.717) is 5.56 Å². The van der Waals surface area contributed by atoms with E-state index >= 15 is 0 Å². The van der Waals surface area contributed by atoms with Gasteiger partial charge >= 0.3 is 5.97 Å². The van der Waals surface area contributed by atoms with E-state index in [2.05, 4.69) is 5.32 Å². The van der Waals surface area contributed by atoms with Gasteiger partial charge in [0.25, 0.3) is 0 Å². The normalized spacial score (nSPS) is 12.4. The summed E-state index contributed by atoms with van der Waals surface area (Å²) in [5, 5.41) is 30.9. The number of amides is 1. The Morgan fingerprint density at radius 3 is 2.57 bits per heavy atom. The fourth-order valence-corrected chi connectivity index (χ4v) is 2.54. The number of nitro groups is 1. The number of nitrogens with zero attached hydrogens (tertiary/aromatic N) is 1. The van der Waals surface area contributed by atoms with Crippen LogP contribution in [0.25, 0.3) is 6.08 Å². The molecule has 0 heterocycles. The Bertz CT molecular complexity index is 768. The number of carboxylic acids is 1. The highest BCUT2D eigenvalue weighted by molar-refractivity contribution is 6.43. The van der Waals surface area contributed by atoms with E-state index in [0.717, 1.165) is 0 Å². The molecule has 154 valence electrons. The maximum atomic E-state index is 11.6. The van der Waals surface area contributed by atoms with Crippen molar-refractivity contribution in [1.29, 1.82) is 0 Å². The van der Waals surface area contributed by atoms with Gasteiger partial charge in [-0.2, -0.15) is 0 Å². The van der Waals surface area contributed by atoms with E-state index in [9.17, 15) is 19.7 Å². The number of nitrogens with one attached hydrogen (secondary N) is 1. The van der Waals surface area contributed by atoms with Gasteiger partial charge in [0, 0.05) is 24.5 Å². The first-order valence-corrected chi connectivity index (χ1v) is 9.05. The van der Waals surface area contributed by atoms with Crippen molar-refractivity contribution in [3.63, 3.8) is 0 Å². The standard InChI is InChI=1S/C17H20Cl2N2O7/c1-2-11(21(26)27)8-10-5-6-13(16(19)15(10)18)28-7-3-4-14(23)20-12(9-22)17(24)25/h5-6,8,12,22H,2-4,7,9H2,1H3,(H,20,23)(H,24,25)/t12-/m0/s1.